The smallest absolute Gasteiger partial charge is 0.250 e. The van der Waals surface area contributed by atoms with E-state index in [-0.39, 0.29) is 6.04 Å². The van der Waals surface area contributed by atoms with Gasteiger partial charge in [0.25, 0.3) is 5.91 Å². The Morgan fingerprint density at radius 3 is 3.06 bits per heavy atom. The fourth-order valence-corrected chi connectivity index (χ4v) is 2.65. The molecule has 18 heavy (non-hydrogen) atoms. The number of nitrogens with zero attached hydrogens (tertiary/aromatic N) is 2. The minimum absolute atomic E-state index is 0.281. The van der Waals surface area contributed by atoms with Crippen molar-refractivity contribution >= 4 is 16.9 Å². The highest BCUT2D eigenvalue weighted by Crippen LogP contribution is 2.26. The van der Waals surface area contributed by atoms with E-state index in [0.29, 0.717) is 11.1 Å². The van der Waals surface area contributed by atoms with Gasteiger partial charge in [-0.1, -0.05) is 6.07 Å². The molecule has 1 aliphatic rings. The molecule has 0 bridgehead atoms. The molecule has 3 rings (SSSR count). The Morgan fingerprint density at radius 1 is 1.56 bits per heavy atom. The quantitative estimate of drug-likeness (QED) is 0.830. The fourth-order valence-electron chi connectivity index (χ4n) is 2.65. The molecule has 1 amide bonds. The second-order valence-electron chi connectivity index (χ2n) is 4.72. The van der Waals surface area contributed by atoms with Gasteiger partial charge in [0.05, 0.1) is 17.1 Å². The van der Waals surface area contributed by atoms with Gasteiger partial charge in [-0.05, 0) is 31.5 Å². The van der Waals surface area contributed by atoms with Crippen LogP contribution in [0.1, 0.15) is 35.1 Å². The van der Waals surface area contributed by atoms with Crippen LogP contribution in [0.3, 0.4) is 0 Å². The van der Waals surface area contributed by atoms with Gasteiger partial charge in [-0.15, -0.1) is 0 Å². The second kappa shape index (κ2) is 4.10. The van der Waals surface area contributed by atoms with Crippen molar-refractivity contribution in [1.29, 1.82) is 0 Å². The van der Waals surface area contributed by atoms with Gasteiger partial charge in [0.2, 0.25) is 0 Å². The first-order valence-electron chi connectivity index (χ1n) is 6.17. The molecule has 1 unspecified atom stereocenters. The van der Waals surface area contributed by atoms with Gasteiger partial charge in [0, 0.05) is 7.05 Å². The van der Waals surface area contributed by atoms with E-state index in [0.717, 1.165) is 30.7 Å². The van der Waals surface area contributed by atoms with E-state index < -0.39 is 5.91 Å². The minimum Gasteiger partial charge on any atom is -0.366 e. The molecular weight excluding hydrogens is 228 g/mol. The summed E-state index contributed by atoms with van der Waals surface area (Å²) in [5, 5.41) is 3.42. The van der Waals surface area contributed by atoms with E-state index in [2.05, 4.69) is 10.3 Å². The summed E-state index contributed by atoms with van der Waals surface area (Å²) in [5.74, 6) is 0.556. The lowest BCUT2D eigenvalue weighted by atomic mass is 10.2. The van der Waals surface area contributed by atoms with Crippen LogP contribution >= 0.6 is 0 Å². The number of aryl methyl sites for hydroxylation is 1. The van der Waals surface area contributed by atoms with E-state index in [1.165, 1.54) is 0 Å². The maximum atomic E-state index is 11.4. The number of imidazole rings is 1. The third-order valence-corrected chi connectivity index (χ3v) is 3.58. The summed E-state index contributed by atoms with van der Waals surface area (Å²) < 4.78 is 2.05. The van der Waals surface area contributed by atoms with Gasteiger partial charge < -0.3 is 15.6 Å². The molecule has 0 aliphatic carbocycles. The van der Waals surface area contributed by atoms with Crippen LogP contribution in [0.15, 0.2) is 18.2 Å². The first-order valence-corrected chi connectivity index (χ1v) is 6.17. The normalized spacial score (nSPS) is 19.5. The predicted molar refractivity (Wildman–Crippen MR) is 69.2 cm³/mol. The average molecular weight is 244 g/mol. The van der Waals surface area contributed by atoms with E-state index in [4.69, 9.17) is 5.73 Å². The Bertz CT molecular complexity index is 611. The number of fused-ring (bicyclic) bond motifs is 1. The van der Waals surface area contributed by atoms with E-state index in [9.17, 15) is 4.79 Å². The summed E-state index contributed by atoms with van der Waals surface area (Å²) in [7, 11) is 1.98. The van der Waals surface area contributed by atoms with Crippen LogP contribution in [0.2, 0.25) is 0 Å². The van der Waals surface area contributed by atoms with Crippen LogP contribution in [-0.2, 0) is 7.05 Å². The maximum Gasteiger partial charge on any atom is 0.250 e. The first-order chi connectivity index (χ1) is 8.68. The molecule has 5 heteroatoms. The van der Waals surface area contributed by atoms with Gasteiger partial charge in [0.1, 0.15) is 11.3 Å². The van der Waals surface area contributed by atoms with Gasteiger partial charge in [-0.2, -0.15) is 0 Å². The summed E-state index contributed by atoms with van der Waals surface area (Å²) in [5.41, 5.74) is 7.54. The highest BCUT2D eigenvalue weighted by atomic mass is 16.1. The molecule has 1 saturated heterocycles. The van der Waals surface area contributed by atoms with E-state index >= 15 is 0 Å². The molecule has 1 aromatic heterocycles. The Hall–Kier alpha value is -1.88. The van der Waals surface area contributed by atoms with Crippen molar-refractivity contribution < 1.29 is 4.79 Å². The van der Waals surface area contributed by atoms with Crippen LogP contribution in [0.4, 0.5) is 0 Å². The molecule has 3 N–H and O–H groups in total. The maximum absolute atomic E-state index is 11.4. The lowest BCUT2D eigenvalue weighted by Gasteiger charge is -2.09. The molecule has 5 nitrogen and oxygen atoms in total. The summed E-state index contributed by atoms with van der Waals surface area (Å²) in [6.07, 6.45) is 2.25. The number of hydrogen-bond acceptors (Lipinski definition) is 3. The SMILES string of the molecule is Cn1c(C2CCCN2)nc2c(C(N)=O)cccc21. The van der Waals surface area contributed by atoms with Gasteiger partial charge in [0.15, 0.2) is 0 Å². The number of aromatic nitrogens is 2. The number of para-hydroxylation sites is 1. The first kappa shape index (κ1) is 11.2. The number of carbonyl (C=O) groups excluding carboxylic acids is 1. The highest BCUT2D eigenvalue weighted by Gasteiger charge is 2.23. The molecule has 0 radical (unpaired) electrons. The van der Waals surface area contributed by atoms with Crippen LogP contribution in [0.25, 0.3) is 11.0 Å². The topological polar surface area (TPSA) is 72.9 Å². The fraction of sp³-hybridized carbons (Fsp3) is 0.385. The standard InChI is InChI=1S/C13H16N4O/c1-17-10-6-2-4-8(12(14)18)11(10)16-13(17)9-5-3-7-15-9/h2,4,6,9,15H,3,5,7H2,1H3,(H2,14,18). The number of amides is 1. The van der Waals surface area contributed by atoms with Crippen LogP contribution in [-0.4, -0.2) is 22.0 Å². The molecule has 1 aliphatic heterocycles. The second-order valence-corrected chi connectivity index (χ2v) is 4.72. The number of hydrogen-bond donors (Lipinski definition) is 2. The van der Waals surface area contributed by atoms with Crippen molar-refractivity contribution in [3.63, 3.8) is 0 Å². The number of benzene rings is 1. The summed E-state index contributed by atoms with van der Waals surface area (Å²) >= 11 is 0. The Kier molecular flexibility index (Phi) is 2.56. The number of nitrogens with two attached hydrogens (primary N) is 1. The molecule has 1 atom stereocenters. The molecule has 1 aromatic carbocycles. The lowest BCUT2D eigenvalue weighted by Crippen LogP contribution is -2.16. The van der Waals surface area contributed by atoms with E-state index in [1.807, 2.05) is 23.7 Å². The zero-order chi connectivity index (χ0) is 12.7. The predicted octanol–water partition coefficient (Wildman–Crippen LogP) is 1.10. The third-order valence-electron chi connectivity index (χ3n) is 3.58. The molecular formula is C13H16N4O. The average Bonchev–Trinajstić information content (AvgIpc) is 2.97. The monoisotopic (exact) mass is 244 g/mol. The Morgan fingerprint density at radius 2 is 2.39 bits per heavy atom. The van der Waals surface area contributed by atoms with Gasteiger partial charge >= 0.3 is 0 Å². The molecule has 94 valence electrons. The number of rotatable bonds is 2. The van der Waals surface area contributed by atoms with Crippen molar-refractivity contribution in [2.24, 2.45) is 12.8 Å². The lowest BCUT2D eigenvalue weighted by molar-refractivity contribution is 0.100. The van der Waals surface area contributed by atoms with Crippen LogP contribution in [0, 0.1) is 0 Å². The molecule has 2 aromatic rings. The van der Waals surface area contributed by atoms with Crippen molar-refractivity contribution in [3.05, 3.63) is 29.6 Å². The largest absolute Gasteiger partial charge is 0.366 e. The van der Waals surface area contributed by atoms with Gasteiger partial charge in [-0.3, -0.25) is 4.79 Å². The van der Waals surface area contributed by atoms with Crippen molar-refractivity contribution in [2.75, 3.05) is 6.54 Å². The third kappa shape index (κ3) is 1.59. The molecule has 2 heterocycles. The van der Waals surface area contributed by atoms with Crippen LogP contribution < -0.4 is 11.1 Å². The minimum atomic E-state index is -0.426. The summed E-state index contributed by atoms with van der Waals surface area (Å²) in [4.78, 5) is 16.0. The van der Waals surface area contributed by atoms with Crippen molar-refractivity contribution in [1.82, 2.24) is 14.9 Å². The van der Waals surface area contributed by atoms with Crippen molar-refractivity contribution in [2.45, 2.75) is 18.9 Å². The van der Waals surface area contributed by atoms with Crippen molar-refractivity contribution in [3.8, 4) is 0 Å². The number of carbonyl (C=O) groups is 1. The van der Waals surface area contributed by atoms with Gasteiger partial charge in [-0.25, -0.2) is 4.98 Å². The zero-order valence-electron chi connectivity index (χ0n) is 10.3. The Balaban J connectivity index is 2.20. The summed E-state index contributed by atoms with van der Waals surface area (Å²) in [6.45, 7) is 1.02. The molecule has 0 spiro atoms. The molecule has 0 saturated carbocycles. The summed E-state index contributed by atoms with van der Waals surface area (Å²) in [6, 6.07) is 5.82. The van der Waals surface area contributed by atoms with Crippen LogP contribution in [0.5, 0.6) is 0 Å². The highest BCUT2D eigenvalue weighted by molar-refractivity contribution is 6.04. The zero-order valence-corrected chi connectivity index (χ0v) is 10.3. The Labute approximate surface area is 105 Å². The van der Waals surface area contributed by atoms with E-state index in [1.54, 1.807) is 6.07 Å². The number of primary amides is 1. The molecule has 1 fully saturated rings. The number of nitrogens with one attached hydrogen (secondary N) is 1.